The van der Waals surface area contributed by atoms with Gasteiger partial charge >= 0.3 is 11.9 Å². The smallest absolute Gasteiger partial charge is 0.355 e. The van der Waals surface area contributed by atoms with Crippen molar-refractivity contribution in [3.05, 3.63) is 47.2 Å². The highest BCUT2D eigenvalue weighted by Crippen LogP contribution is 2.36. The molecular formula is C18H19NO7S. The van der Waals surface area contributed by atoms with Gasteiger partial charge in [0.25, 0.3) is 5.91 Å². The monoisotopic (exact) mass is 393 g/mol. The second-order valence-corrected chi connectivity index (χ2v) is 7.61. The van der Waals surface area contributed by atoms with Crippen molar-refractivity contribution in [3.63, 3.8) is 0 Å². The average molecular weight is 393 g/mol. The molecule has 9 heteroatoms. The topological polar surface area (TPSA) is 99.2 Å². The number of carbonyl (C=O) groups is 3. The average Bonchev–Trinajstić information content (AvgIpc) is 2.65. The summed E-state index contributed by atoms with van der Waals surface area (Å²) < 4.78 is 27.9. The van der Waals surface area contributed by atoms with Gasteiger partial charge in [-0.15, -0.1) is 0 Å². The predicted octanol–water partition coefficient (Wildman–Crippen LogP) is 0.493. The summed E-state index contributed by atoms with van der Waals surface area (Å²) >= 11 is 0. The number of carbonyl (C=O) groups excluding carboxylic acids is 3. The molecule has 3 atom stereocenters. The number of β-lactam (4-membered cyclic amide) rings is 1. The van der Waals surface area contributed by atoms with E-state index in [1.54, 1.807) is 12.1 Å². The lowest BCUT2D eigenvalue weighted by molar-refractivity contribution is -0.164. The number of rotatable bonds is 6. The van der Waals surface area contributed by atoms with Gasteiger partial charge in [-0.1, -0.05) is 30.3 Å². The first-order chi connectivity index (χ1) is 12.9. The molecule has 2 unspecified atom stereocenters. The van der Waals surface area contributed by atoms with E-state index in [1.165, 1.54) is 14.0 Å². The molecule has 1 saturated heterocycles. The molecule has 3 rings (SSSR count). The van der Waals surface area contributed by atoms with Crippen LogP contribution in [0.5, 0.6) is 0 Å². The first kappa shape index (κ1) is 19.2. The molecule has 144 valence electrons. The highest BCUT2D eigenvalue weighted by molar-refractivity contribution is 7.86. The maximum atomic E-state index is 12.7. The summed E-state index contributed by atoms with van der Waals surface area (Å²) in [5.41, 5.74) is 1.06. The highest BCUT2D eigenvalue weighted by atomic mass is 32.2. The van der Waals surface area contributed by atoms with Gasteiger partial charge < -0.3 is 14.2 Å². The van der Waals surface area contributed by atoms with Crippen LogP contribution in [0.2, 0.25) is 0 Å². The highest BCUT2D eigenvalue weighted by Gasteiger charge is 2.57. The summed E-state index contributed by atoms with van der Waals surface area (Å²) in [6.45, 7) is 1.02. The number of esters is 2. The molecule has 1 amide bonds. The Bertz CT molecular complexity index is 820. The minimum Gasteiger partial charge on any atom is -0.461 e. The fourth-order valence-electron chi connectivity index (χ4n) is 2.98. The number of hydrogen-bond donors (Lipinski definition) is 0. The summed E-state index contributed by atoms with van der Waals surface area (Å²) in [5, 5.41) is -0.747. The fourth-order valence-corrected chi connectivity index (χ4v) is 4.66. The molecule has 1 aromatic carbocycles. The third-order valence-electron chi connectivity index (χ3n) is 4.27. The molecule has 27 heavy (non-hydrogen) atoms. The molecule has 2 heterocycles. The minimum atomic E-state index is -1.48. The third-order valence-corrected chi connectivity index (χ3v) is 5.90. The first-order valence-electron chi connectivity index (χ1n) is 8.23. The van der Waals surface area contributed by atoms with Gasteiger partial charge in [-0.2, -0.15) is 0 Å². The number of hydrogen-bond acceptors (Lipinski definition) is 7. The maximum Gasteiger partial charge on any atom is 0.355 e. The van der Waals surface area contributed by atoms with E-state index in [9.17, 15) is 18.6 Å². The van der Waals surface area contributed by atoms with E-state index in [0.29, 0.717) is 5.57 Å². The van der Waals surface area contributed by atoms with Crippen molar-refractivity contribution in [1.29, 1.82) is 0 Å². The Morgan fingerprint density at radius 1 is 1.19 bits per heavy atom. The van der Waals surface area contributed by atoms with Crippen molar-refractivity contribution in [2.45, 2.75) is 25.0 Å². The first-order valence-corrected chi connectivity index (χ1v) is 9.61. The molecule has 0 spiro atoms. The summed E-state index contributed by atoms with van der Waals surface area (Å²) in [6, 6.07) is 9.08. The van der Waals surface area contributed by atoms with Crippen LogP contribution in [0.25, 0.3) is 0 Å². The van der Waals surface area contributed by atoms with Gasteiger partial charge in [-0.25, -0.2) is 4.79 Å². The van der Waals surface area contributed by atoms with Crippen LogP contribution >= 0.6 is 0 Å². The lowest BCUT2D eigenvalue weighted by atomic mass is 10.1. The van der Waals surface area contributed by atoms with Crippen molar-refractivity contribution in [1.82, 2.24) is 4.90 Å². The summed E-state index contributed by atoms with van der Waals surface area (Å²) in [4.78, 5) is 37.4. The normalized spacial score (nSPS) is 24.1. The molecule has 8 nitrogen and oxygen atoms in total. The lowest BCUT2D eigenvalue weighted by Gasteiger charge is -2.48. The van der Waals surface area contributed by atoms with Gasteiger partial charge in [0.05, 0.1) is 16.6 Å². The number of ether oxygens (including phenoxy) is 3. The number of fused-ring (bicyclic) bond motifs is 1. The van der Waals surface area contributed by atoms with Crippen LogP contribution in [0.1, 0.15) is 12.5 Å². The summed E-state index contributed by atoms with van der Waals surface area (Å²) in [6.07, 6.45) is -0.863. The van der Waals surface area contributed by atoms with Crippen molar-refractivity contribution in [3.8, 4) is 0 Å². The fraction of sp³-hybridized carbons (Fsp3) is 0.389. The predicted molar refractivity (Wildman–Crippen MR) is 94.3 cm³/mol. The van der Waals surface area contributed by atoms with E-state index < -0.39 is 40.1 Å². The Balaban J connectivity index is 1.86. The minimum absolute atomic E-state index is 0.00262. The van der Waals surface area contributed by atoms with Crippen LogP contribution in [-0.2, 0) is 46.0 Å². The molecule has 0 radical (unpaired) electrons. The quantitative estimate of drug-likeness (QED) is 0.512. The Hall–Kier alpha value is -2.52. The van der Waals surface area contributed by atoms with E-state index >= 15 is 0 Å². The number of methoxy groups -OCH3 is 1. The molecule has 0 aromatic heterocycles. The van der Waals surface area contributed by atoms with Crippen molar-refractivity contribution < 1.29 is 32.8 Å². The molecule has 0 saturated carbocycles. The Morgan fingerprint density at radius 2 is 1.89 bits per heavy atom. The van der Waals surface area contributed by atoms with Crippen LogP contribution in [0.15, 0.2) is 41.6 Å². The Labute approximate surface area is 158 Å². The van der Waals surface area contributed by atoms with Crippen LogP contribution in [0, 0.1) is 0 Å². The van der Waals surface area contributed by atoms with E-state index in [4.69, 9.17) is 14.2 Å². The van der Waals surface area contributed by atoms with Crippen LogP contribution in [0.4, 0.5) is 0 Å². The maximum absolute atomic E-state index is 12.7. The largest absolute Gasteiger partial charge is 0.461 e. The summed E-state index contributed by atoms with van der Waals surface area (Å²) in [5.74, 6) is -1.75. The number of nitrogens with zero attached hydrogens (tertiary/aromatic N) is 1. The second kappa shape index (κ2) is 8.01. The Morgan fingerprint density at radius 3 is 2.52 bits per heavy atom. The third kappa shape index (κ3) is 3.79. The van der Waals surface area contributed by atoms with Crippen LogP contribution < -0.4 is 0 Å². The number of benzene rings is 1. The molecule has 0 aliphatic carbocycles. The standard InChI is InChI=1S/C18H19NO7S/c1-11(20)25-9-13-10-27(23)17-15(24-2)16(21)19(17)14(13)18(22)26-8-12-6-4-3-5-7-12/h3-7,15,17H,8-10H2,1-2H3/t15-,17?,27?/m1/s1. The van der Waals surface area contributed by atoms with Gasteiger partial charge in [0, 0.05) is 19.6 Å². The molecule has 2 aliphatic rings. The molecule has 2 aliphatic heterocycles. The van der Waals surface area contributed by atoms with E-state index in [-0.39, 0.29) is 24.7 Å². The summed E-state index contributed by atoms with van der Waals surface area (Å²) in [7, 11) is -0.128. The molecule has 1 fully saturated rings. The van der Waals surface area contributed by atoms with Crippen molar-refractivity contribution >= 4 is 28.6 Å². The molecule has 0 bridgehead atoms. The molecular weight excluding hydrogens is 374 g/mol. The Kier molecular flexibility index (Phi) is 5.71. The second-order valence-electron chi connectivity index (χ2n) is 6.07. The van der Waals surface area contributed by atoms with E-state index in [2.05, 4.69) is 0 Å². The van der Waals surface area contributed by atoms with Crippen molar-refractivity contribution in [2.24, 2.45) is 0 Å². The molecule has 0 N–H and O–H groups in total. The van der Waals surface area contributed by atoms with Gasteiger partial charge in [0.2, 0.25) is 0 Å². The van der Waals surface area contributed by atoms with Crippen molar-refractivity contribution in [2.75, 3.05) is 19.5 Å². The van der Waals surface area contributed by atoms with Gasteiger partial charge in [0.1, 0.15) is 24.3 Å². The number of amides is 1. The van der Waals surface area contributed by atoms with Crippen LogP contribution in [0.3, 0.4) is 0 Å². The molecule has 1 aromatic rings. The zero-order valence-corrected chi connectivity index (χ0v) is 15.7. The zero-order chi connectivity index (χ0) is 19.6. The lowest BCUT2D eigenvalue weighted by Crippen LogP contribution is -2.69. The van der Waals surface area contributed by atoms with Gasteiger partial charge in [-0.3, -0.25) is 18.7 Å². The van der Waals surface area contributed by atoms with E-state index in [0.717, 1.165) is 10.5 Å². The van der Waals surface area contributed by atoms with E-state index in [1.807, 2.05) is 18.2 Å². The zero-order valence-electron chi connectivity index (χ0n) is 14.9. The van der Waals surface area contributed by atoms with Gasteiger partial charge in [-0.05, 0) is 5.56 Å². The van der Waals surface area contributed by atoms with Gasteiger partial charge in [0.15, 0.2) is 6.10 Å². The SMILES string of the molecule is CO[C@@H]1C(=O)N2C(C(=O)OCc3ccccc3)=C(COC(C)=O)CS(=O)C12. The van der Waals surface area contributed by atoms with Crippen LogP contribution in [-0.4, -0.2) is 57.9 Å².